The lowest BCUT2D eigenvalue weighted by Gasteiger charge is -2.33. The molecule has 0 aliphatic carbocycles. The van der Waals surface area contributed by atoms with Crippen molar-refractivity contribution >= 4 is 41.1 Å². The molecule has 1 unspecified atom stereocenters. The van der Waals surface area contributed by atoms with Gasteiger partial charge >= 0.3 is 0 Å². The lowest BCUT2D eigenvalue weighted by Crippen LogP contribution is -2.44. The van der Waals surface area contributed by atoms with Gasteiger partial charge in [0.05, 0.1) is 29.8 Å². The van der Waals surface area contributed by atoms with Crippen molar-refractivity contribution in [2.75, 3.05) is 4.90 Å². The summed E-state index contributed by atoms with van der Waals surface area (Å²) in [5.74, 6) is -3.44. The fourth-order valence-electron chi connectivity index (χ4n) is 5.30. The summed E-state index contributed by atoms with van der Waals surface area (Å²) < 4.78 is 13.5. The fourth-order valence-corrected chi connectivity index (χ4v) is 5.42. The smallest absolute Gasteiger partial charge is 0.240 e. The molecule has 0 saturated carbocycles. The third-order valence-electron chi connectivity index (χ3n) is 6.78. The third-order valence-corrected chi connectivity index (χ3v) is 7.03. The number of benzene rings is 3. The Morgan fingerprint density at radius 3 is 2.29 bits per heavy atom. The number of hydrazone groups is 1. The Morgan fingerprint density at radius 2 is 1.56 bits per heavy atom. The second-order valence-electron chi connectivity index (χ2n) is 8.55. The summed E-state index contributed by atoms with van der Waals surface area (Å²) in [4.78, 5) is 42.2. The first-order valence-corrected chi connectivity index (χ1v) is 11.2. The van der Waals surface area contributed by atoms with Crippen molar-refractivity contribution in [1.82, 2.24) is 5.01 Å². The van der Waals surface area contributed by atoms with Crippen molar-refractivity contribution in [2.24, 2.45) is 16.9 Å². The number of rotatable bonds is 3. The summed E-state index contributed by atoms with van der Waals surface area (Å²) in [6.07, 6.45) is 1.65. The van der Waals surface area contributed by atoms with Crippen LogP contribution in [-0.4, -0.2) is 34.9 Å². The molecule has 0 spiro atoms. The average molecular weight is 474 g/mol. The molecule has 3 aliphatic rings. The summed E-state index contributed by atoms with van der Waals surface area (Å²) in [6, 6.07) is 17.6. The van der Waals surface area contributed by atoms with Gasteiger partial charge in [-0.3, -0.25) is 19.4 Å². The van der Waals surface area contributed by atoms with E-state index < -0.39 is 41.6 Å². The van der Waals surface area contributed by atoms with Crippen molar-refractivity contribution in [3.63, 3.8) is 0 Å². The molecule has 0 bridgehead atoms. The Morgan fingerprint density at radius 1 is 0.882 bits per heavy atom. The van der Waals surface area contributed by atoms with Crippen molar-refractivity contribution in [2.45, 2.75) is 12.1 Å². The van der Waals surface area contributed by atoms with Gasteiger partial charge in [0.2, 0.25) is 11.8 Å². The second kappa shape index (κ2) is 7.60. The minimum absolute atomic E-state index is 0.280. The zero-order valence-corrected chi connectivity index (χ0v) is 18.4. The molecular formula is C26H17ClFN3O3. The average Bonchev–Trinajstić information content (AvgIpc) is 3.32. The maximum absolute atomic E-state index is 13.7. The number of halogens is 2. The van der Waals surface area contributed by atoms with Crippen LogP contribution in [0.15, 0.2) is 77.9 Å². The highest BCUT2D eigenvalue weighted by Crippen LogP contribution is 2.53. The molecule has 168 valence electrons. The number of carbonyl (C=O) groups excluding carboxylic acids is 3. The van der Waals surface area contributed by atoms with E-state index in [9.17, 15) is 18.8 Å². The molecule has 6 rings (SSSR count). The van der Waals surface area contributed by atoms with Crippen LogP contribution in [0.5, 0.6) is 0 Å². The largest absolute Gasteiger partial charge is 0.292 e. The molecule has 2 saturated heterocycles. The van der Waals surface area contributed by atoms with Crippen LogP contribution in [0.25, 0.3) is 0 Å². The maximum atomic E-state index is 13.7. The molecule has 0 radical (unpaired) electrons. The van der Waals surface area contributed by atoms with E-state index in [2.05, 4.69) is 5.10 Å². The van der Waals surface area contributed by atoms with Crippen molar-refractivity contribution in [1.29, 1.82) is 0 Å². The van der Waals surface area contributed by atoms with Gasteiger partial charge in [-0.15, -0.1) is 0 Å². The van der Waals surface area contributed by atoms with Crippen LogP contribution >= 0.6 is 11.6 Å². The Kier molecular flexibility index (Phi) is 4.64. The quantitative estimate of drug-likeness (QED) is 0.421. The SMILES string of the molecule is O=C(c1ccc(Cl)cc1)[C@@H]1[C@@H]2C(=O)N(c3ccc(F)cc3)C(=O)[C@@H]2C2c3ccccc3C=NN21. The molecule has 0 aromatic heterocycles. The summed E-state index contributed by atoms with van der Waals surface area (Å²) in [5, 5.41) is 6.62. The zero-order valence-electron chi connectivity index (χ0n) is 17.6. The molecule has 34 heavy (non-hydrogen) atoms. The van der Waals surface area contributed by atoms with Crippen LogP contribution in [-0.2, 0) is 9.59 Å². The Hall–Kier alpha value is -3.84. The molecule has 3 aromatic carbocycles. The van der Waals surface area contributed by atoms with E-state index in [1.54, 1.807) is 35.5 Å². The van der Waals surface area contributed by atoms with Crippen LogP contribution in [0.4, 0.5) is 10.1 Å². The van der Waals surface area contributed by atoms with Gasteiger partial charge in [-0.25, -0.2) is 9.29 Å². The molecule has 3 aromatic rings. The second-order valence-corrected chi connectivity index (χ2v) is 8.99. The fraction of sp³-hybridized carbons (Fsp3) is 0.154. The van der Waals surface area contributed by atoms with Crippen LogP contribution < -0.4 is 4.90 Å². The molecule has 4 atom stereocenters. The van der Waals surface area contributed by atoms with Gasteiger partial charge in [-0.2, -0.15) is 5.10 Å². The van der Waals surface area contributed by atoms with E-state index in [0.29, 0.717) is 10.6 Å². The predicted molar refractivity (Wildman–Crippen MR) is 124 cm³/mol. The summed E-state index contributed by atoms with van der Waals surface area (Å²) >= 11 is 6.00. The molecule has 0 N–H and O–H groups in total. The summed E-state index contributed by atoms with van der Waals surface area (Å²) in [5.41, 5.74) is 2.33. The first-order valence-electron chi connectivity index (χ1n) is 10.8. The maximum Gasteiger partial charge on any atom is 0.240 e. The van der Waals surface area contributed by atoms with Gasteiger partial charge in [-0.1, -0.05) is 35.9 Å². The van der Waals surface area contributed by atoms with Crippen molar-refractivity contribution in [3.8, 4) is 0 Å². The van der Waals surface area contributed by atoms with Crippen molar-refractivity contribution in [3.05, 3.63) is 100 Å². The number of hydrogen-bond acceptors (Lipinski definition) is 5. The molecular weight excluding hydrogens is 457 g/mol. The normalized spacial score (nSPS) is 24.8. The highest BCUT2D eigenvalue weighted by Gasteiger charge is 2.65. The molecule has 3 aliphatic heterocycles. The topological polar surface area (TPSA) is 70.0 Å². The van der Waals surface area contributed by atoms with Gasteiger partial charge in [0.1, 0.15) is 11.9 Å². The Bertz CT molecular complexity index is 1370. The summed E-state index contributed by atoms with van der Waals surface area (Å²) in [6.45, 7) is 0. The van der Waals surface area contributed by atoms with Crippen LogP contribution in [0.2, 0.25) is 5.02 Å². The van der Waals surface area contributed by atoms with E-state index in [1.807, 2.05) is 24.3 Å². The third kappa shape index (κ3) is 2.93. The highest BCUT2D eigenvalue weighted by molar-refractivity contribution is 6.30. The van der Waals surface area contributed by atoms with Crippen LogP contribution in [0.3, 0.4) is 0 Å². The number of imide groups is 1. The number of anilines is 1. The van der Waals surface area contributed by atoms with E-state index in [-0.39, 0.29) is 11.5 Å². The number of ketones is 1. The first kappa shape index (κ1) is 20.7. The van der Waals surface area contributed by atoms with Crippen LogP contribution in [0, 0.1) is 17.7 Å². The highest BCUT2D eigenvalue weighted by atomic mass is 35.5. The Labute approximate surface area is 199 Å². The van der Waals surface area contributed by atoms with Gasteiger partial charge in [0.25, 0.3) is 0 Å². The lowest BCUT2D eigenvalue weighted by molar-refractivity contribution is -0.124. The monoisotopic (exact) mass is 473 g/mol. The molecule has 2 amide bonds. The molecule has 6 nitrogen and oxygen atoms in total. The van der Waals surface area contributed by atoms with E-state index in [1.165, 1.54) is 24.3 Å². The molecule has 8 heteroatoms. The first-order chi connectivity index (χ1) is 16.5. The van der Waals surface area contributed by atoms with Gasteiger partial charge in [-0.05, 0) is 59.7 Å². The number of nitrogens with zero attached hydrogens (tertiary/aromatic N) is 3. The van der Waals surface area contributed by atoms with Crippen LogP contribution in [0.1, 0.15) is 27.5 Å². The van der Waals surface area contributed by atoms with E-state index in [0.717, 1.165) is 16.0 Å². The molecule has 2 fully saturated rings. The van der Waals surface area contributed by atoms with Crippen molar-refractivity contribution < 1.29 is 18.8 Å². The van der Waals surface area contributed by atoms with Gasteiger partial charge in [0, 0.05) is 10.6 Å². The standard InChI is InChI=1S/C26H17ClFN3O3/c27-16-7-5-14(6-8-16)24(32)23-21-20(22-19-4-2-1-3-15(19)13-29-31(22)23)25(33)30(26(21)34)18-11-9-17(28)10-12-18/h1-13,20-23H/t20-,21+,22?,23-/m0/s1. The predicted octanol–water partition coefficient (Wildman–Crippen LogP) is 4.24. The number of fused-ring (bicyclic) bond motifs is 5. The van der Waals surface area contributed by atoms with Gasteiger partial charge < -0.3 is 0 Å². The number of amides is 2. The van der Waals surface area contributed by atoms with E-state index in [4.69, 9.17) is 11.6 Å². The number of hydrogen-bond donors (Lipinski definition) is 0. The zero-order chi connectivity index (χ0) is 23.6. The minimum atomic E-state index is -0.970. The molecule has 3 heterocycles. The summed E-state index contributed by atoms with van der Waals surface area (Å²) in [7, 11) is 0. The number of Topliss-reactive ketones (excluding diaryl/α,β-unsaturated/α-hetero) is 1. The lowest BCUT2D eigenvalue weighted by atomic mass is 9.83. The van der Waals surface area contributed by atoms with Gasteiger partial charge in [0.15, 0.2) is 5.78 Å². The van der Waals surface area contributed by atoms with E-state index >= 15 is 0 Å². The number of carbonyl (C=O) groups is 3. The minimum Gasteiger partial charge on any atom is -0.292 e. The Balaban J connectivity index is 1.49.